The van der Waals surface area contributed by atoms with Crippen LogP contribution in [0, 0.1) is 0 Å². The summed E-state index contributed by atoms with van der Waals surface area (Å²) in [5.74, 6) is 2.10. The first-order valence-corrected chi connectivity index (χ1v) is 11.8. The Bertz CT molecular complexity index is 859. The maximum Gasteiger partial charge on any atom is 0.272 e. The number of sulfonamides is 1. The van der Waals surface area contributed by atoms with Crippen molar-refractivity contribution in [2.24, 2.45) is 0 Å². The van der Waals surface area contributed by atoms with Crippen molar-refractivity contribution in [1.82, 2.24) is 14.3 Å². The van der Waals surface area contributed by atoms with Crippen LogP contribution in [0.5, 0.6) is 0 Å². The fraction of sp³-hybridized carbons (Fsp3) is 0.375. The van der Waals surface area contributed by atoms with E-state index in [1.54, 1.807) is 35.8 Å². The molecule has 0 aliphatic carbocycles. The highest BCUT2D eigenvalue weighted by Crippen LogP contribution is 2.21. The molecule has 0 bridgehead atoms. The lowest BCUT2D eigenvalue weighted by Crippen LogP contribution is -2.37. The molecule has 0 atom stereocenters. The number of rotatable bonds is 6. The Balaban J connectivity index is 1.69. The molecule has 1 saturated heterocycles. The van der Waals surface area contributed by atoms with E-state index in [9.17, 15) is 13.2 Å². The Kier molecular flexibility index (Phi) is 6.28. The van der Waals surface area contributed by atoms with Gasteiger partial charge in [-0.25, -0.2) is 13.4 Å². The van der Waals surface area contributed by atoms with Gasteiger partial charge in [0.1, 0.15) is 10.6 Å². The highest BCUT2D eigenvalue weighted by Gasteiger charge is 2.27. The summed E-state index contributed by atoms with van der Waals surface area (Å²) in [7, 11) is -3.57. The lowest BCUT2D eigenvalue weighted by Gasteiger charge is -2.24. The number of aromatic amines is 1. The van der Waals surface area contributed by atoms with E-state index in [2.05, 4.69) is 15.3 Å². The Hall–Kier alpha value is -1.49. The van der Waals surface area contributed by atoms with Gasteiger partial charge in [-0.3, -0.25) is 4.79 Å². The van der Waals surface area contributed by atoms with E-state index in [4.69, 9.17) is 0 Å². The van der Waals surface area contributed by atoms with Crippen LogP contribution in [0.4, 0.5) is 5.69 Å². The molecule has 26 heavy (non-hydrogen) atoms. The molecular weight excluding hydrogens is 392 g/mol. The average molecular weight is 413 g/mol. The molecule has 0 spiro atoms. The topological polar surface area (TPSA) is 95.2 Å². The fourth-order valence-electron chi connectivity index (χ4n) is 2.48. The predicted octanol–water partition coefficient (Wildman–Crippen LogP) is 2.51. The van der Waals surface area contributed by atoms with Crippen LogP contribution in [0.2, 0.25) is 0 Å². The first-order valence-electron chi connectivity index (χ1n) is 8.17. The summed E-state index contributed by atoms with van der Waals surface area (Å²) in [6.07, 6.45) is 2.95. The molecule has 1 aliphatic rings. The number of thioether (sulfide) groups is 2. The molecule has 0 aromatic carbocycles. The SMILES string of the molecule is CCSc1ccc(NC(=O)c2cc(S(=O)(=O)N3CCSCC3)c[nH]2)cn1. The van der Waals surface area contributed by atoms with Crippen molar-refractivity contribution in [2.75, 3.05) is 35.7 Å². The van der Waals surface area contributed by atoms with Gasteiger partial charge < -0.3 is 10.3 Å². The molecule has 1 amide bonds. The molecule has 10 heteroatoms. The van der Waals surface area contributed by atoms with Crippen LogP contribution in [0.3, 0.4) is 0 Å². The first kappa shape index (κ1) is 19.3. The monoisotopic (exact) mass is 412 g/mol. The van der Waals surface area contributed by atoms with Gasteiger partial charge in [-0.1, -0.05) is 6.92 Å². The zero-order valence-corrected chi connectivity index (χ0v) is 16.7. The summed E-state index contributed by atoms with van der Waals surface area (Å²) in [4.78, 5) is 19.5. The number of hydrogen-bond acceptors (Lipinski definition) is 6. The maximum atomic E-state index is 12.6. The number of aromatic nitrogens is 2. The molecule has 1 aliphatic heterocycles. The second-order valence-electron chi connectivity index (χ2n) is 5.54. The molecule has 0 radical (unpaired) electrons. The molecule has 0 saturated carbocycles. The lowest BCUT2D eigenvalue weighted by atomic mass is 10.3. The van der Waals surface area contributed by atoms with E-state index in [0.717, 1.165) is 22.3 Å². The van der Waals surface area contributed by atoms with Crippen molar-refractivity contribution in [2.45, 2.75) is 16.8 Å². The minimum Gasteiger partial charge on any atom is -0.356 e. The number of nitrogens with one attached hydrogen (secondary N) is 2. The minimum atomic E-state index is -3.57. The van der Waals surface area contributed by atoms with Gasteiger partial charge in [-0.15, -0.1) is 11.8 Å². The molecule has 0 unspecified atom stereocenters. The van der Waals surface area contributed by atoms with Crippen LogP contribution in [-0.4, -0.2) is 58.9 Å². The number of amides is 1. The second kappa shape index (κ2) is 8.47. The third-order valence-corrected chi connectivity index (χ3v) is 7.44. The average Bonchev–Trinajstić information content (AvgIpc) is 3.15. The van der Waals surface area contributed by atoms with Gasteiger partial charge in [0.05, 0.1) is 16.9 Å². The first-order chi connectivity index (χ1) is 12.5. The number of carbonyl (C=O) groups excluding carboxylic acids is 1. The molecule has 3 heterocycles. The Morgan fingerprint density at radius 1 is 1.38 bits per heavy atom. The standard InChI is InChI=1S/C16H20N4O3S3/c1-2-25-15-4-3-12(10-18-15)19-16(21)14-9-13(11-17-14)26(22,23)20-5-7-24-8-6-20/h3-4,9-11,17H,2,5-8H2,1H3,(H,19,21). The zero-order valence-electron chi connectivity index (χ0n) is 14.3. The summed E-state index contributed by atoms with van der Waals surface area (Å²) in [6, 6.07) is 4.98. The van der Waals surface area contributed by atoms with Crippen molar-refractivity contribution in [3.8, 4) is 0 Å². The zero-order chi connectivity index (χ0) is 18.6. The van der Waals surface area contributed by atoms with Gasteiger partial charge in [0.25, 0.3) is 5.91 Å². The number of pyridine rings is 1. The van der Waals surface area contributed by atoms with Gasteiger partial charge in [0.2, 0.25) is 10.0 Å². The van der Waals surface area contributed by atoms with Crippen molar-refractivity contribution in [1.29, 1.82) is 0 Å². The van der Waals surface area contributed by atoms with E-state index in [1.165, 1.54) is 16.6 Å². The lowest BCUT2D eigenvalue weighted by molar-refractivity contribution is 0.102. The normalized spacial score (nSPS) is 15.7. The number of H-pyrrole nitrogens is 1. The van der Waals surface area contributed by atoms with E-state index in [-0.39, 0.29) is 10.6 Å². The second-order valence-corrected chi connectivity index (χ2v) is 9.98. The molecule has 1 fully saturated rings. The quantitative estimate of drug-likeness (QED) is 0.708. The highest BCUT2D eigenvalue weighted by atomic mass is 32.2. The molecule has 3 rings (SSSR count). The van der Waals surface area contributed by atoms with Gasteiger partial charge in [-0.2, -0.15) is 16.1 Å². The summed E-state index contributed by atoms with van der Waals surface area (Å²) < 4.78 is 26.7. The van der Waals surface area contributed by atoms with Crippen molar-refractivity contribution in [3.05, 3.63) is 36.3 Å². The van der Waals surface area contributed by atoms with E-state index in [0.29, 0.717) is 18.8 Å². The molecule has 7 nitrogen and oxygen atoms in total. The van der Waals surface area contributed by atoms with Crippen molar-refractivity contribution >= 4 is 45.1 Å². The van der Waals surface area contributed by atoms with Crippen molar-refractivity contribution in [3.63, 3.8) is 0 Å². The molecular formula is C16H20N4O3S3. The van der Waals surface area contributed by atoms with Crippen LogP contribution in [0.15, 0.2) is 40.5 Å². The molecule has 2 N–H and O–H groups in total. The van der Waals surface area contributed by atoms with Gasteiger partial charge in [0, 0.05) is 30.8 Å². The van der Waals surface area contributed by atoms with Crippen LogP contribution in [-0.2, 0) is 10.0 Å². The molecule has 2 aromatic heterocycles. The van der Waals surface area contributed by atoms with Crippen LogP contribution in [0.25, 0.3) is 0 Å². The summed E-state index contributed by atoms with van der Waals surface area (Å²) >= 11 is 3.36. The summed E-state index contributed by atoms with van der Waals surface area (Å²) in [5.41, 5.74) is 0.754. The predicted molar refractivity (Wildman–Crippen MR) is 105 cm³/mol. The summed E-state index contributed by atoms with van der Waals surface area (Å²) in [5, 5.41) is 3.61. The maximum absolute atomic E-state index is 12.6. The van der Waals surface area contributed by atoms with Gasteiger partial charge >= 0.3 is 0 Å². The Labute approximate surface area is 161 Å². The van der Waals surface area contributed by atoms with Gasteiger partial charge in [0.15, 0.2) is 0 Å². The number of carbonyl (C=O) groups is 1. The van der Waals surface area contributed by atoms with Crippen LogP contribution < -0.4 is 5.32 Å². The highest BCUT2D eigenvalue weighted by molar-refractivity contribution is 7.99. The van der Waals surface area contributed by atoms with E-state index < -0.39 is 15.9 Å². The number of nitrogens with zero attached hydrogens (tertiary/aromatic N) is 2. The Morgan fingerprint density at radius 2 is 2.15 bits per heavy atom. The van der Waals surface area contributed by atoms with Gasteiger partial charge in [-0.05, 0) is 24.0 Å². The number of anilines is 1. The van der Waals surface area contributed by atoms with Crippen LogP contribution >= 0.6 is 23.5 Å². The minimum absolute atomic E-state index is 0.113. The Morgan fingerprint density at radius 3 is 2.81 bits per heavy atom. The third-order valence-electron chi connectivity index (χ3n) is 3.80. The van der Waals surface area contributed by atoms with Crippen LogP contribution in [0.1, 0.15) is 17.4 Å². The third kappa shape index (κ3) is 4.43. The molecule has 2 aromatic rings. The van der Waals surface area contributed by atoms with Crippen molar-refractivity contribution < 1.29 is 13.2 Å². The van der Waals surface area contributed by atoms with E-state index in [1.807, 2.05) is 13.0 Å². The largest absolute Gasteiger partial charge is 0.356 e. The van der Waals surface area contributed by atoms with E-state index >= 15 is 0 Å². The smallest absolute Gasteiger partial charge is 0.272 e. The summed E-state index contributed by atoms with van der Waals surface area (Å²) in [6.45, 7) is 3.03. The molecule has 140 valence electrons. The number of hydrogen-bond donors (Lipinski definition) is 2. The fourth-order valence-corrected chi connectivity index (χ4v) is 5.63.